The largest absolute Gasteiger partial charge is 0.306 e. The molecular formula is C14H18N2O2. The zero-order valence-corrected chi connectivity index (χ0v) is 10.8. The zero-order chi connectivity index (χ0) is 12.9. The molecule has 2 atom stereocenters. The summed E-state index contributed by atoms with van der Waals surface area (Å²) in [5, 5.41) is 10.9. The molecule has 1 aliphatic carbocycles. The number of hydrogen-bond acceptors (Lipinski definition) is 3. The summed E-state index contributed by atoms with van der Waals surface area (Å²) >= 11 is 0. The van der Waals surface area contributed by atoms with Crippen molar-refractivity contribution in [2.75, 3.05) is 20.1 Å². The average Bonchev–Trinajstić information content (AvgIpc) is 2.76. The first kappa shape index (κ1) is 11.7. The van der Waals surface area contributed by atoms with Gasteiger partial charge in [0.05, 0.1) is 4.92 Å². The van der Waals surface area contributed by atoms with E-state index in [0.29, 0.717) is 11.8 Å². The SMILES string of the molecule is CCC1(c2cccc([N+](=O)[O-])c2)C2CN(C)CC21. The summed E-state index contributed by atoms with van der Waals surface area (Å²) < 4.78 is 0. The van der Waals surface area contributed by atoms with Crippen LogP contribution in [0.15, 0.2) is 24.3 Å². The Labute approximate surface area is 107 Å². The van der Waals surface area contributed by atoms with Crippen LogP contribution in [0.1, 0.15) is 18.9 Å². The van der Waals surface area contributed by atoms with Crippen molar-refractivity contribution in [1.29, 1.82) is 0 Å². The Balaban J connectivity index is 1.95. The van der Waals surface area contributed by atoms with Gasteiger partial charge in [0.1, 0.15) is 0 Å². The summed E-state index contributed by atoms with van der Waals surface area (Å²) in [6, 6.07) is 7.25. The van der Waals surface area contributed by atoms with E-state index in [9.17, 15) is 10.1 Å². The Morgan fingerprint density at radius 3 is 2.67 bits per heavy atom. The molecule has 1 aromatic carbocycles. The van der Waals surface area contributed by atoms with Gasteiger partial charge in [-0.1, -0.05) is 19.1 Å². The van der Waals surface area contributed by atoms with Gasteiger partial charge in [-0.05, 0) is 30.9 Å². The van der Waals surface area contributed by atoms with E-state index in [1.807, 2.05) is 6.07 Å². The fraction of sp³-hybridized carbons (Fsp3) is 0.571. The number of likely N-dealkylation sites (tertiary alicyclic amines) is 1. The summed E-state index contributed by atoms with van der Waals surface area (Å²) in [7, 11) is 2.15. The van der Waals surface area contributed by atoms with Crippen molar-refractivity contribution in [3.63, 3.8) is 0 Å². The Hall–Kier alpha value is -1.42. The molecule has 0 amide bonds. The van der Waals surface area contributed by atoms with Gasteiger partial charge < -0.3 is 4.90 Å². The first-order valence-corrected chi connectivity index (χ1v) is 6.53. The van der Waals surface area contributed by atoms with E-state index < -0.39 is 0 Å². The maximum Gasteiger partial charge on any atom is 0.269 e. The van der Waals surface area contributed by atoms with Gasteiger partial charge in [-0.3, -0.25) is 10.1 Å². The van der Waals surface area contributed by atoms with Gasteiger partial charge in [-0.15, -0.1) is 0 Å². The van der Waals surface area contributed by atoms with Crippen LogP contribution in [0.4, 0.5) is 5.69 Å². The number of non-ortho nitro benzene ring substituents is 1. The van der Waals surface area contributed by atoms with E-state index in [0.717, 1.165) is 19.5 Å². The van der Waals surface area contributed by atoms with Crippen molar-refractivity contribution < 1.29 is 4.92 Å². The average molecular weight is 246 g/mol. The Kier molecular flexibility index (Phi) is 2.45. The first-order chi connectivity index (χ1) is 8.59. The maximum atomic E-state index is 10.9. The molecule has 4 nitrogen and oxygen atoms in total. The molecule has 0 N–H and O–H groups in total. The molecule has 0 aromatic heterocycles. The highest BCUT2D eigenvalue weighted by Gasteiger charge is 2.66. The summed E-state index contributed by atoms with van der Waals surface area (Å²) in [4.78, 5) is 13.0. The van der Waals surface area contributed by atoms with Crippen LogP contribution in [-0.4, -0.2) is 30.0 Å². The minimum absolute atomic E-state index is 0.207. The van der Waals surface area contributed by atoms with Crippen LogP contribution in [0.5, 0.6) is 0 Å². The molecule has 96 valence electrons. The highest BCUT2D eigenvalue weighted by molar-refractivity contribution is 5.44. The molecule has 2 fully saturated rings. The third-order valence-electron chi connectivity index (χ3n) is 4.90. The van der Waals surface area contributed by atoms with Crippen molar-refractivity contribution in [1.82, 2.24) is 4.90 Å². The molecule has 1 aliphatic heterocycles. The second-order valence-corrected chi connectivity index (χ2v) is 5.64. The summed E-state index contributed by atoms with van der Waals surface area (Å²) in [5.41, 5.74) is 1.60. The molecule has 0 spiro atoms. The van der Waals surface area contributed by atoms with E-state index >= 15 is 0 Å². The summed E-state index contributed by atoms with van der Waals surface area (Å²) in [5.74, 6) is 1.38. The summed E-state index contributed by atoms with van der Waals surface area (Å²) in [6.45, 7) is 4.46. The number of nitro benzene ring substituents is 1. The van der Waals surface area contributed by atoms with Gasteiger partial charge in [0.25, 0.3) is 5.69 Å². The number of fused-ring (bicyclic) bond motifs is 1. The smallest absolute Gasteiger partial charge is 0.269 e. The first-order valence-electron chi connectivity index (χ1n) is 6.53. The van der Waals surface area contributed by atoms with Gasteiger partial charge in [0.15, 0.2) is 0 Å². The highest BCUT2D eigenvalue weighted by atomic mass is 16.6. The second kappa shape index (κ2) is 3.79. The number of hydrogen-bond donors (Lipinski definition) is 0. The molecule has 1 heterocycles. The van der Waals surface area contributed by atoms with Crippen molar-refractivity contribution >= 4 is 5.69 Å². The van der Waals surface area contributed by atoms with Crippen molar-refractivity contribution in [2.24, 2.45) is 11.8 Å². The van der Waals surface area contributed by atoms with Gasteiger partial charge in [-0.25, -0.2) is 0 Å². The van der Waals surface area contributed by atoms with Crippen LogP contribution >= 0.6 is 0 Å². The van der Waals surface area contributed by atoms with E-state index in [4.69, 9.17) is 0 Å². The van der Waals surface area contributed by atoms with Crippen LogP contribution in [0.2, 0.25) is 0 Å². The molecule has 0 bridgehead atoms. The van der Waals surface area contributed by atoms with E-state index in [1.54, 1.807) is 12.1 Å². The van der Waals surface area contributed by atoms with E-state index in [2.05, 4.69) is 24.9 Å². The quantitative estimate of drug-likeness (QED) is 0.608. The molecule has 4 heteroatoms. The Bertz CT molecular complexity index is 488. The van der Waals surface area contributed by atoms with Crippen molar-refractivity contribution in [3.8, 4) is 0 Å². The fourth-order valence-corrected chi connectivity index (χ4v) is 4.00. The number of piperidine rings is 1. The van der Waals surface area contributed by atoms with Gasteiger partial charge in [-0.2, -0.15) is 0 Å². The number of benzene rings is 1. The third-order valence-corrected chi connectivity index (χ3v) is 4.90. The molecule has 0 radical (unpaired) electrons. The molecule has 3 rings (SSSR count). The normalized spacial score (nSPS) is 34.3. The molecule has 18 heavy (non-hydrogen) atoms. The molecule has 1 aromatic rings. The van der Waals surface area contributed by atoms with Crippen LogP contribution in [-0.2, 0) is 5.41 Å². The Morgan fingerprint density at radius 1 is 1.44 bits per heavy atom. The number of rotatable bonds is 3. The van der Waals surface area contributed by atoms with Crippen LogP contribution < -0.4 is 0 Å². The lowest BCUT2D eigenvalue weighted by Crippen LogP contribution is -2.27. The van der Waals surface area contributed by atoms with Gasteiger partial charge in [0.2, 0.25) is 0 Å². The van der Waals surface area contributed by atoms with Gasteiger partial charge >= 0.3 is 0 Å². The van der Waals surface area contributed by atoms with Gasteiger partial charge in [0, 0.05) is 30.6 Å². The Morgan fingerprint density at radius 2 is 2.11 bits per heavy atom. The highest BCUT2D eigenvalue weighted by Crippen LogP contribution is 2.65. The van der Waals surface area contributed by atoms with Crippen LogP contribution in [0.25, 0.3) is 0 Å². The lowest BCUT2D eigenvalue weighted by molar-refractivity contribution is -0.384. The summed E-state index contributed by atoms with van der Waals surface area (Å²) in [6.07, 6.45) is 1.08. The predicted molar refractivity (Wildman–Crippen MR) is 69.5 cm³/mol. The minimum atomic E-state index is -0.294. The topological polar surface area (TPSA) is 46.4 Å². The van der Waals surface area contributed by atoms with Crippen LogP contribution in [0.3, 0.4) is 0 Å². The van der Waals surface area contributed by atoms with E-state index in [1.165, 1.54) is 5.56 Å². The molecular weight excluding hydrogens is 228 g/mol. The minimum Gasteiger partial charge on any atom is -0.306 e. The fourth-order valence-electron chi connectivity index (χ4n) is 4.00. The molecule has 2 aliphatic rings. The van der Waals surface area contributed by atoms with Crippen molar-refractivity contribution in [3.05, 3.63) is 39.9 Å². The third kappa shape index (κ3) is 1.42. The molecule has 2 unspecified atom stereocenters. The zero-order valence-electron chi connectivity index (χ0n) is 10.8. The van der Waals surface area contributed by atoms with Crippen molar-refractivity contribution in [2.45, 2.75) is 18.8 Å². The lowest BCUT2D eigenvalue weighted by atomic mass is 9.87. The lowest BCUT2D eigenvalue weighted by Gasteiger charge is -2.23. The second-order valence-electron chi connectivity index (χ2n) is 5.64. The molecule has 1 saturated carbocycles. The van der Waals surface area contributed by atoms with Crippen LogP contribution in [0, 0.1) is 22.0 Å². The number of nitrogens with zero attached hydrogens (tertiary/aromatic N) is 2. The van der Waals surface area contributed by atoms with E-state index in [-0.39, 0.29) is 16.0 Å². The predicted octanol–water partition coefficient (Wildman–Crippen LogP) is 2.43. The standard InChI is InChI=1S/C14H18N2O2/c1-3-14(12-8-15(2)9-13(12)14)10-5-4-6-11(7-10)16(17)18/h4-7,12-13H,3,8-9H2,1-2H3. The molecule has 1 saturated heterocycles. The maximum absolute atomic E-state index is 10.9. The number of nitro groups is 1. The monoisotopic (exact) mass is 246 g/mol.